The van der Waals surface area contributed by atoms with Gasteiger partial charge in [-0.15, -0.1) is 0 Å². The molecule has 1 aromatic heterocycles. The molecule has 5 nitrogen and oxygen atoms in total. The van der Waals surface area contributed by atoms with Gasteiger partial charge in [0, 0.05) is 31.2 Å². The maximum absolute atomic E-state index is 12.4. The zero-order chi connectivity index (χ0) is 16.8. The molecule has 1 aliphatic heterocycles. The largest absolute Gasteiger partial charge is 0.356 e. The Kier molecular flexibility index (Phi) is 6.30. The molecule has 3 rings (SSSR count). The van der Waals surface area contributed by atoms with Crippen molar-refractivity contribution in [3.63, 3.8) is 0 Å². The number of nitrogens with zero attached hydrogens (tertiary/aromatic N) is 2. The van der Waals surface area contributed by atoms with Crippen molar-refractivity contribution in [2.75, 3.05) is 19.6 Å². The minimum Gasteiger partial charge on any atom is -0.356 e. The number of carbonyl (C=O) groups is 1. The first-order chi connectivity index (χ1) is 11.7. The predicted octanol–water partition coefficient (Wildman–Crippen LogP) is 3.02. The van der Waals surface area contributed by atoms with Gasteiger partial charge in [-0.3, -0.25) is 14.8 Å². The number of hydrogen-bond donors (Lipinski definition) is 2. The molecule has 1 saturated heterocycles. The highest BCUT2D eigenvalue weighted by atomic mass is 16.1. The summed E-state index contributed by atoms with van der Waals surface area (Å²) in [6.45, 7) is 6.00. The number of amides is 1. The number of aromatic nitrogens is 2. The summed E-state index contributed by atoms with van der Waals surface area (Å²) in [4.78, 5) is 14.9. The number of carbonyl (C=O) groups excluding carboxylic acids is 1. The van der Waals surface area contributed by atoms with Crippen molar-refractivity contribution in [1.82, 2.24) is 20.4 Å². The van der Waals surface area contributed by atoms with E-state index >= 15 is 0 Å². The summed E-state index contributed by atoms with van der Waals surface area (Å²) in [6, 6.07) is 2.12. The normalized spacial score (nSPS) is 23.8. The summed E-state index contributed by atoms with van der Waals surface area (Å²) in [7, 11) is 0. The zero-order valence-electron chi connectivity index (χ0n) is 15.0. The van der Waals surface area contributed by atoms with Gasteiger partial charge in [0.15, 0.2) is 0 Å². The number of nitrogens with one attached hydrogen (secondary N) is 2. The second kappa shape index (κ2) is 8.65. The Morgan fingerprint density at radius 1 is 1.25 bits per heavy atom. The van der Waals surface area contributed by atoms with Gasteiger partial charge in [-0.2, -0.15) is 5.10 Å². The van der Waals surface area contributed by atoms with Gasteiger partial charge in [0.25, 0.3) is 0 Å². The molecule has 24 heavy (non-hydrogen) atoms. The van der Waals surface area contributed by atoms with Gasteiger partial charge in [-0.05, 0) is 51.1 Å². The van der Waals surface area contributed by atoms with Crippen LogP contribution in [0.4, 0.5) is 0 Å². The van der Waals surface area contributed by atoms with Gasteiger partial charge in [0.05, 0.1) is 5.69 Å². The van der Waals surface area contributed by atoms with Crippen LogP contribution in [0.5, 0.6) is 0 Å². The zero-order valence-corrected chi connectivity index (χ0v) is 15.0. The molecule has 0 spiro atoms. The molecule has 2 aliphatic rings. The summed E-state index contributed by atoms with van der Waals surface area (Å²) < 4.78 is 0. The van der Waals surface area contributed by atoms with E-state index in [1.165, 1.54) is 38.5 Å². The molecule has 0 unspecified atom stereocenters. The highest BCUT2D eigenvalue weighted by Crippen LogP contribution is 2.23. The Hall–Kier alpha value is -1.36. The van der Waals surface area contributed by atoms with E-state index in [1.807, 2.05) is 6.92 Å². The Balaban J connectivity index is 1.42. The fourth-order valence-corrected chi connectivity index (χ4v) is 4.18. The first-order valence-electron chi connectivity index (χ1n) is 9.71. The molecular formula is C19H32N4O. The standard InChI is InChI=1S/C19H32N4O/c1-15-11-18(22-21-15)14-23-10-6-7-16(13-23)12-20-19(24)17-8-4-2-3-5-9-17/h11,16-17H,2-10,12-14H2,1H3,(H,20,24)(H,21,22)/t16-/m0/s1. The summed E-state index contributed by atoms with van der Waals surface area (Å²) in [6.07, 6.45) is 9.65. The van der Waals surface area contributed by atoms with Crippen molar-refractivity contribution < 1.29 is 4.79 Å². The number of hydrogen-bond acceptors (Lipinski definition) is 3. The van der Waals surface area contributed by atoms with Crippen LogP contribution in [0.1, 0.15) is 62.8 Å². The number of aryl methyl sites for hydroxylation is 1. The van der Waals surface area contributed by atoms with E-state index < -0.39 is 0 Å². The van der Waals surface area contributed by atoms with E-state index in [0.717, 1.165) is 50.4 Å². The lowest BCUT2D eigenvalue weighted by Crippen LogP contribution is -2.42. The lowest BCUT2D eigenvalue weighted by molar-refractivity contribution is -0.125. The summed E-state index contributed by atoms with van der Waals surface area (Å²) in [5.41, 5.74) is 2.24. The van der Waals surface area contributed by atoms with Gasteiger partial charge in [-0.25, -0.2) is 0 Å². The molecule has 2 heterocycles. The van der Waals surface area contributed by atoms with Crippen LogP contribution in [0.2, 0.25) is 0 Å². The van der Waals surface area contributed by atoms with Crippen LogP contribution in [0.15, 0.2) is 6.07 Å². The van der Waals surface area contributed by atoms with E-state index in [-0.39, 0.29) is 5.92 Å². The average Bonchev–Trinajstić information content (AvgIpc) is 2.84. The lowest BCUT2D eigenvalue weighted by Gasteiger charge is -2.32. The lowest BCUT2D eigenvalue weighted by atomic mass is 9.96. The van der Waals surface area contributed by atoms with E-state index in [1.54, 1.807) is 0 Å². The predicted molar refractivity (Wildman–Crippen MR) is 95.5 cm³/mol. The highest BCUT2D eigenvalue weighted by molar-refractivity contribution is 5.78. The van der Waals surface area contributed by atoms with Gasteiger partial charge >= 0.3 is 0 Å². The van der Waals surface area contributed by atoms with E-state index in [2.05, 4.69) is 26.5 Å². The summed E-state index contributed by atoms with van der Waals surface area (Å²) in [5.74, 6) is 1.14. The molecule has 5 heteroatoms. The maximum Gasteiger partial charge on any atom is 0.223 e. The van der Waals surface area contributed by atoms with Crippen LogP contribution in [0, 0.1) is 18.8 Å². The van der Waals surface area contributed by atoms with Crippen LogP contribution in [-0.4, -0.2) is 40.6 Å². The average molecular weight is 332 g/mol. The van der Waals surface area contributed by atoms with E-state index in [4.69, 9.17) is 0 Å². The first kappa shape index (κ1) is 17.5. The van der Waals surface area contributed by atoms with Crippen LogP contribution >= 0.6 is 0 Å². The molecule has 134 valence electrons. The molecular weight excluding hydrogens is 300 g/mol. The van der Waals surface area contributed by atoms with Crippen molar-refractivity contribution >= 4 is 5.91 Å². The third-order valence-electron chi connectivity index (χ3n) is 5.54. The molecule has 1 aliphatic carbocycles. The summed E-state index contributed by atoms with van der Waals surface area (Å²) in [5, 5.41) is 10.6. The van der Waals surface area contributed by atoms with E-state index in [9.17, 15) is 4.79 Å². The van der Waals surface area contributed by atoms with Crippen molar-refractivity contribution in [3.05, 3.63) is 17.5 Å². The fraction of sp³-hybridized carbons (Fsp3) is 0.789. The SMILES string of the molecule is Cc1cc(CN2CCC[C@@H](CNC(=O)C3CCCCCC3)C2)n[nH]1. The number of H-pyrrole nitrogens is 1. The molecule has 1 amide bonds. The van der Waals surface area contributed by atoms with Crippen molar-refractivity contribution in [1.29, 1.82) is 0 Å². The third kappa shape index (κ3) is 5.07. The topological polar surface area (TPSA) is 61.0 Å². The minimum atomic E-state index is 0.263. The molecule has 0 bridgehead atoms. The van der Waals surface area contributed by atoms with Gasteiger partial charge < -0.3 is 5.32 Å². The second-order valence-corrected chi connectivity index (χ2v) is 7.72. The van der Waals surface area contributed by atoms with Gasteiger partial charge in [-0.1, -0.05) is 25.7 Å². The van der Waals surface area contributed by atoms with Crippen molar-refractivity contribution in [3.8, 4) is 0 Å². The molecule has 0 aromatic carbocycles. The number of piperidine rings is 1. The van der Waals surface area contributed by atoms with Crippen LogP contribution < -0.4 is 5.32 Å². The van der Waals surface area contributed by atoms with Crippen molar-refractivity contribution in [2.24, 2.45) is 11.8 Å². The molecule has 1 atom stereocenters. The van der Waals surface area contributed by atoms with E-state index in [0.29, 0.717) is 11.8 Å². The molecule has 0 radical (unpaired) electrons. The monoisotopic (exact) mass is 332 g/mol. The third-order valence-corrected chi connectivity index (χ3v) is 5.54. The number of rotatable bonds is 5. The van der Waals surface area contributed by atoms with Gasteiger partial charge in [0.1, 0.15) is 0 Å². The quantitative estimate of drug-likeness (QED) is 0.815. The van der Waals surface area contributed by atoms with Crippen molar-refractivity contribution in [2.45, 2.75) is 64.8 Å². The molecule has 2 fully saturated rings. The highest BCUT2D eigenvalue weighted by Gasteiger charge is 2.24. The Morgan fingerprint density at radius 3 is 2.75 bits per heavy atom. The smallest absolute Gasteiger partial charge is 0.223 e. The maximum atomic E-state index is 12.4. The summed E-state index contributed by atoms with van der Waals surface area (Å²) >= 11 is 0. The second-order valence-electron chi connectivity index (χ2n) is 7.72. The Morgan fingerprint density at radius 2 is 2.04 bits per heavy atom. The Bertz CT molecular complexity index is 519. The minimum absolute atomic E-state index is 0.263. The first-order valence-corrected chi connectivity index (χ1v) is 9.71. The van der Waals surface area contributed by atoms with Crippen LogP contribution in [-0.2, 0) is 11.3 Å². The number of aromatic amines is 1. The van der Waals surface area contributed by atoms with Crippen LogP contribution in [0.3, 0.4) is 0 Å². The van der Waals surface area contributed by atoms with Gasteiger partial charge in [0.2, 0.25) is 5.91 Å². The van der Waals surface area contributed by atoms with Crippen LogP contribution in [0.25, 0.3) is 0 Å². The fourth-order valence-electron chi connectivity index (χ4n) is 4.18. The Labute approximate surface area is 145 Å². The number of likely N-dealkylation sites (tertiary alicyclic amines) is 1. The molecule has 1 aromatic rings. The molecule has 2 N–H and O–H groups in total. The molecule has 1 saturated carbocycles.